The number of piperazine rings is 1. The Morgan fingerprint density at radius 3 is 2.11 bits per heavy atom. The van der Waals surface area contributed by atoms with Crippen LogP contribution in [0.4, 0.5) is 13.6 Å². The van der Waals surface area contributed by atoms with Crippen molar-refractivity contribution in [2.75, 3.05) is 19.6 Å². The van der Waals surface area contributed by atoms with Gasteiger partial charge in [0.2, 0.25) is 15.9 Å². The number of hydrogen-bond acceptors (Lipinski definition) is 6. The zero-order valence-electron chi connectivity index (χ0n) is 25.1. The number of halogens is 2. The minimum atomic E-state index is -3.73. The van der Waals surface area contributed by atoms with Crippen LogP contribution in [0.5, 0.6) is 0 Å². The fraction of sp³-hybridized carbons (Fsp3) is 0.394. The molecule has 3 aromatic carbocycles. The molecule has 0 aromatic heterocycles. The van der Waals surface area contributed by atoms with E-state index in [-0.39, 0.29) is 23.3 Å². The van der Waals surface area contributed by atoms with E-state index in [0.29, 0.717) is 50.0 Å². The molecule has 2 aliphatic rings. The fourth-order valence-corrected chi connectivity index (χ4v) is 8.33. The molecule has 1 aliphatic carbocycles. The molecule has 0 bridgehead atoms. The monoisotopic (exact) mass is 656 g/mol. The molecule has 1 aliphatic heterocycles. The zero-order chi connectivity index (χ0) is 32.8. The summed E-state index contributed by atoms with van der Waals surface area (Å²) in [5, 5.41) is 28.8. The van der Waals surface area contributed by atoms with Gasteiger partial charge in [-0.05, 0) is 79.1 Å². The first-order valence-electron chi connectivity index (χ1n) is 15.3. The highest BCUT2D eigenvalue weighted by atomic mass is 32.2. The maximum absolute atomic E-state index is 13.9. The van der Waals surface area contributed by atoms with E-state index >= 15 is 0 Å². The number of rotatable bonds is 11. The molecule has 1 saturated heterocycles. The molecule has 5 N–H and O–H groups in total. The number of nitrogens with one attached hydrogen (secondary N) is 3. The number of hydrogen-bond donors (Lipinski definition) is 5. The van der Waals surface area contributed by atoms with E-state index in [1.54, 1.807) is 30.3 Å². The molecule has 4 unspecified atom stereocenters. The van der Waals surface area contributed by atoms with Crippen LogP contribution in [0.3, 0.4) is 0 Å². The molecule has 3 aromatic rings. The second-order valence-electron chi connectivity index (χ2n) is 11.9. The molecular formula is C33H38F2N4O6S. The lowest BCUT2D eigenvalue weighted by atomic mass is 9.84. The number of aliphatic hydroxyl groups excluding tert-OH is 1. The van der Waals surface area contributed by atoms with Gasteiger partial charge in [0.25, 0.3) is 0 Å². The molecule has 10 nitrogen and oxygen atoms in total. The van der Waals surface area contributed by atoms with Crippen LogP contribution in [0.1, 0.15) is 42.7 Å². The molecule has 0 radical (unpaired) electrons. The summed E-state index contributed by atoms with van der Waals surface area (Å²) in [6, 6.07) is 16.6. The SMILES string of the molecule is O=C(O)N[C@@H](C(=O)NC1CC(O)CC1CCC1CNCCN1S(=O)(=O)c1ccccc1)C(c1ccc(F)cc1)c1ccc(F)cc1. The van der Waals surface area contributed by atoms with E-state index in [9.17, 15) is 37.0 Å². The van der Waals surface area contributed by atoms with Crippen molar-refractivity contribution in [2.24, 2.45) is 5.92 Å². The Kier molecular flexibility index (Phi) is 10.7. The molecule has 0 spiro atoms. The molecule has 1 heterocycles. The van der Waals surface area contributed by atoms with Gasteiger partial charge in [-0.25, -0.2) is 22.0 Å². The van der Waals surface area contributed by atoms with Gasteiger partial charge in [0, 0.05) is 37.6 Å². The molecular weight excluding hydrogens is 618 g/mol. The largest absolute Gasteiger partial charge is 0.465 e. The molecule has 46 heavy (non-hydrogen) atoms. The molecule has 5 rings (SSSR count). The summed E-state index contributed by atoms with van der Waals surface area (Å²) in [6.45, 7) is 1.29. The van der Waals surface area contributed by atoms with Crippen molar-refractivity contribution in [1.82, 2.24) is 20.3 Å². The van der Waals surface area contributed by atoms with Gasteiger partial charge in [0.05, 0.1) is 11.0 Å². The van der Waals surface area contributed by atoms with E-state index in [4.69, 9.17) is 0 Å². The van der Waals surface area contributed by atoms with Gasteiger partial charge in [-0.3, -0.25) is 4.79 Å². The van der Waals surface area contributed by atoms with E-state index in [1.807, 2.05) is 0 Å². The third kappa shape index (κ3) is 7.89. The van der Waals surface area contributed by atoms with Crippen molar-refractivity contribution < 1.29 is 37.0 Å². The highest BCUT2D eigenvalue weighted by Gasteiger charge is 2.40. The number of carboxylic acid groups (broad SMARTS) is 1. The number of nitrogens with zero attached hydrogens (tertiary/aromatic N) is 1. The average molecular weight is 657 g/mol. The Bertz CT molecular complexity index is 1550. The van der Waals surface area contributed by atoms with Crippen molar-refractivity contribution in [3.05, 3.63) is 102 Å². The number of sulfonamides is 1. The summed E-state index contributed by atoms with van der Waals surface area (Å²) >= 11 is 0. The highest BCUT2D eigenvalue weighted by molar-refractivity contribution is 7.89. The molecule has 13 heteroatoms. The normalized spacial score (nSPS) is 22.8. The highest BCUT2D eigenvalue weighted by Crippen LogP contribution is 2.34. The van der Waals surface area contributed by atoms with E-state index in [0.717, 1.165) is 0 Å². The van der Waals surface area contributed by atoms with Crippen molar-refractivity contribution >= 4 is 22.0 Å². The molecule has 2 amide bonds. The van der Waals surface area contributed by atoms with Crippen LogP contribution < -0.4 is 16.0 Å². The fourth-order valence-electron chi connectivity index (χ4n) is 6.65. The Morgan fingerprint density at radius 2 is 1.52 bits per heavy atom. The maximum atomic E-state index is 13.9. The van der Waals surface area contributed by atoms with Crippen molar-refractivity contribution in [3.8, 4) is 0 Å². The Labute approximate surface area is 266 Å². The van der Waals surface area contributed by atoms with Crippen molar-refractivity contribution in [1.29, 1.82) is 0 Å². The lowest BCUT2D eigenvalue weighted by molar-refractivity contribution is -0.124. The Balaban J connectivity index is 1.34. The van der Waals surface area contributed by atoms with Gasteiger partial charge in [-0.15, -0.1) is 0 Å². The number of amides is 2. The smallest absolute Gasteiger partial charge is 0.405 e. The van der Waals surface area contributed by atoms with Gasteiger partial charge < -0.3 is 26.2 Å². The van der Waals surface area contributed by atoms with Crippen LogP contribution in [0, 0.1) is 17.6 Å². The second-order valence-corrected chi connectivity index (χ2v) is 13.8. The van der Waals surface area contributed by atoms with Gasteiger partial charge in [-0.1, -0.05) is 42.5 Å². The van der Waals surface area contributed by atoms with Gasteiger partial charge >= 0.3 is 6.09 Å². The Morgan fingerprint density at radius 1 is 0.913 bits per heavy atom. The minimum Gasteiger partial charge on any atom is -0.465 e. The first-order chi connectivity index (χ1) is 22.0. The molecule has 2 fully saturated rings. The molecule has 1 saturated carbocycles. The summed E-state index contributed by atoms with van der Waals surface area (Å²) < 4.78 is 56.0. The summed E-state index contributed by atoms with van der Waals surface area (Å²) in [6.07, 6.45) is -0.559. The molecule has 5 atom stereocenters. The predicted octanol–water partition coefficient (Wildman–Crippen LogP) is 3.43. The van der Waals surface area contributed by atoms with Gasteiger partial charge in [-0.2, -0.15) is 4.31 Å². The van der Waals surface area contributed by atoms with E-state index in [1.165, 1.54) is 52.8 Å². The quantitative estimate of drug-likeness (QED) is 0.213. The third-order valence-electron chi connectivity index (χ3n) is 8.87. The van der Waals surface area contributed by atoms with Crippen LogP contribution in [0.25, 0.3) is 0 Å². The van der Waals surface area contributed by atoms with Gasteiger partial charge in [0.1, 0.15) is 17.7 Å². The second kappa shape index (κ2) is 14.7. The zero-order valence-corrected chi connectivity index (χ0v) is 25.9. The summed E-state index contributed by atoms with van der Waals surface area (Å²) in [5.74, 6) is -2.81. The van der Waals surface area contributed by atoms with E-state index in [2.05, 4.69) is 16.0 Å². The molecule has 246 valence electrons. The number of benzene rings is 3. The van der Waals surface area contributed by atoms with Crippen LogP contribution >= 0.6 is 0 Å². The summed E-state index contributed by atoms with van der Waals surface area (Å²) in [7, 11) is -3.73. The Hall–Kier alpha value is -3.91. The first-order valence-corrected chi connectivity index (χ1v) is 16.7. The van der Waals surface area contributed by atoms with Crippen LogP contribution in [0.15, 0.2) is 83.8 Å². The van der Waals surface area contributed by atoms with Crippen LogP contribution in [-0.4, -0.2) is 78.8 Å². The minimum absolute atomic E-state index is 0.206. The summed E-state index contributed by atoms with van der Waals surface area (Å²) in [5.41, 5.74) is 0.879. The lowest BCUT2D eigenvalue weighted by Gasteiger charge is -2.36. The summed E-state index contributed by atoms with van der Waals surface area (Å²) in [4.78, 5) is 26.0. The average Bonchev–Trinajstić information content (AvgIpc) is 3.39. The number of aliphatic hydroxyl groups is 1. The maximum Gasteiger partial charge on any atom is 0.405 e. The number of carbonyl (C=O) groups is 2. The third-order valence-corrected chi connectivity index (χ3v) is 10.8. The van der Waals surface area contributed by atoms with Crippen molar-refractivity contribution in [2.45, 2.75) is 60.7 Å². The van der Waals surface area contributed by atoms with Crippen molar-refractivity contribution in [3.63, 3.8) is 0 Å². The predicted molar refractivity (Wildman–Crippen MR) is 166 cm³/mol. The topological polar surface area (TPSA) is 148 Å². The number of carbonyl (C=O) groups excluding carboxylic acids is 1. The lowest BCUT2D eigenvalue weighted by Crippen LogP contribution is -2.54. The van der Waals surface area contributed by atoms with Gasteiger partial charge in [0.15, 0.2) is 0 Å². The standard InChI is InChI=1S/C33H38F2N4O6S/c34-24-11-6-21(7-12-24)30(22-8-13-25(35)14-9-22)31(38-33(42)43)32(41)37-29-19-27(40)18-23(29)10-15-26-20-36-16-17-39(26)46(44,45)28-4-2-1-3-5-28/h1-9,11-14,23,26-27,29-31,36,38,40H,10,15-20H2,(H,37,41)(H,42,43)/t23?,26?,27?,29?,31-/m1/s1. The van der Waals surface area contributed by atoms with E-state index < -0.39 is 57.8 Å². The van der Waals surface area contributed by atoms with Crippen LogP contribution in [-0.2, 0) is 14.8 Å². The van der Waals surface area contributed by atoms with Crippen LogP contribution in [0.2, 0.25) is 0 Å². The first kappa shape index (κ1) is 33.5.